The Morgan fingerprint density at radius 1 is 1.10 bits per heavy atom. The first-order valence-corrected chi connectivity index (χ1v) is 6.60. The highest BCUT2D eigenvalue weighted by atomic mass is 16.5. The number of aliphatic carboxylic acids is 1. The van der Waals surface area contributed by atoms with Crippen molar-refractivity contribution in [1.82, 2.24) is 0 Å². The van der Waals surface area contributed by atoms with E-state index in [2.05, 4.69) is 0 Å². The normalized spacial score (nSPS) is 15.2. The molecule has 4 nitrogen and oxygen atoms in total. The van der Waals surface area contributed by atoms with E-state index in [0.717, 1.165) is 11.1 Å². The number of carbonyl (C=O) groups is 1. The first-order valence-electron chi connectivity index (χ1n) is 6.60. The van der Waals surface area contributed by atoms with Crippen molar-refractivity contribution in [1.29, 1.82) is 0 Å². The summed E-state index contributed by atoms with van der Waals surface area (Å²) >= 11 is 0. The van der Waals surface area contributed by atoms with E-state index in [4.69, 9.17) is 9.84 Å². The first-order chi connectivity index (χ1) is 9.96. The van der Waals surface area contributed by atoms with Crippen LogP contribution in [0.15, 0.2) is 54.6 Å². The lowest BCUT2D eigenvalue weighted by atomic mass is 9.92. The van der Waals surface area contributed by atoms with Gasteiger partial charge in [0.15, 0.2) is 5.60 Å². The van der Waals surface area contributed by atoms with E-state index in [1.807, 2.05) is 36.4 Å². The number of benzene rings is 2. The molecule has 0 aliphatic carbocycles. The first kappa shape index (κ1) is 15.2. The van der Waals surface area contributed by atoms with Crippen molar-refractivity contribution in [2.45, 2.75) is 18.6 Å². The van der Waals surface area contributed by atoms with Gasteiger partial charge in [-0.25, -0.2) is 4.79 Å². The molecule has 4 heteroatoms. The lowest BCUT2D eigenvalue weighted by Gasteiger charge is -2.22. The minimum Gasteiger partial charge on any atom is -0.479 e. The number of aliphatic hydroxyl groups is 1. The van der Waals surface area contributed by atoms with Crippen LogP contribution in [0.4, 0.5) is 0 Å². The molecule has 0 aliphatic rings. The van der Waals surface area contributed by atoms with E-state index >= 15 is 0 Å². The largest absolute Gasteiger partial charge is 0.479 e. The predicted molar refractivity (Wildman–Crippen MR) is 78.9 cm³/mol. The average Bonchev–Trinajstić information content (AvgIpc) is 2.49. The molecular weight excluding hydrogens is 268 g/mol. The minimum absolute atomic E-state index is 0.309. The zero-order valence-electron chi connectivity index (χ0n) is 12.0. The molecule has 110 valence electrons. The number of hydrogen-bond acceptors (Lipinski definition) is 3. The molecule has 0 bridgehead atoms. The van der Waals surface area contributed by atoms with Crippen molar-refractivity contribution in [2.24, 2.45) is 0 Å². The summed E-state index contributed by atoms with van der Waals surface area (Å²) in [6, 6.07) is 16.5. The summed E-state index contributed by atoms with van der Waals surface area (Å²) in [4.78, 5) is 11.2. The minimum atomic E-state index is -1.93. The molecule has 0 heterocycles. The van der Waals surface area contributed by atoms with Gasteiger partial charge in [-0.15, -0.1) is 0 Å². The highest BCUT2D eigenvalue weighted by Gasteiger charge is 2.32. The molecule has 0 aliphatic heterocycles. The highest BCUT2D eigenvalue weighted by Crippen LogP contribution is 2.29. The van der Waals surface area contributed by atoms with E-state index in [-0.39, 0.29) is 6.10 Å². The Balaban J connectivity index is 2.43. The number of methoxy groups -OCH3 is 1. The fourth-order valence-corrected chi connectivity index (χ4v) is 2.22. The van der Waals surface area contributed by atoms with Crippen LogP contribution in [0.2, 0.25) is 0 Å². The molecule has 0 amide bonds. The molecule has 0 saturated heterocycles. The fourth-order valence-electron chi connectivity index (χ4n) is 2.22. The summed E-state index contributed by atoms with van der Waals surface area (Å²) < 4.78 is 5.52. The summed E-state index contributed by atoms with van der Waals surface area (Å²) in [6.45, 7) is 1.26. The van der Waals surface area contributed by atoms with Gasteiger partial charge in [0.2, 0.25) is 0 Å². The van der Waals surface area contributed by atoms with Crippen molar-refractivity contribution in [3.8, 4) is 0 Å². The summed E-state index contributed by atoms with van der Waals surface area (Å²) in [7, 11) is 1.60. The number of carboxylic acids is 1. The molecule has 0 fully saturated rings. The van der Waals surface area contributed by atoms with Crippen LogP contribution in [-0.2, 0) is 15.1 Å². The second kappa shape index (κ2) is 6.08. The van der Waals surface area contributed by atoms with Gasteiger partial charge in [-0.3, -0.25) is 0 Å². The molecule has 0 aromatic heterocycles. The molecule has 2 atom stereocenters. The molecule has 0 saturated carbocycles. The molecule has 0 spiro atoms. The number of rotatable bonds is 5. The Labute approximate surface area is 123 Å². The second-order valence-corrected chi connectivity index (χ2v) is 5.03. The van der Waals surface area contributed by atoms with Gasteiger partial charge in [0, 0.05) is 7.11 Å². The number of hydrogen-bond donors (Lipinski definition) is 2. The summed E-state index contributed by atoms with van der Waals surface area (Å²) in [5.74, 6) is -1.28. The molecule has 2 unspecified atom stereocenters. The Kier molecular flexibility index (Phi) is 4.40. The Morgan fingerprint density at radius 2 is 1.71 bits per heavy atom. The number of carboxylic acid groups (broad SMARTS) is 1. The van der Waals surface area contributed by atoms with Gasteiger partial charge in [0.25, 0.3) is 0 Å². The van der Waals surface area contributed by atoms with Crippen molar-refractivity contribution in [2.75, 3.05) is 7.11 Å². The third kappa shape index (κ3) is 3.12. The fraction of sp³-hybridized carbons (Fsp3) is 0.235. The third-order valence-electron chi connectivity index (χ3n) is 3.51. The van der Waals surface area contributed by atoms with Crippen LogP contribution in [-0.4, -0.2) is 23.3 Å². The standard InChI is InChI=1S/C17H18O4/c1-17(20,16(18)19)14-10-6-9-13(11-14)15(21-2)12-7-4-3-5-8-12/h3-11,15,20H,1-2H3,(H,18,19). The van der Waals surface area contributed by atoms with Crippen LogP contribution in [0, 0.1) is 0 Å². The summed E-state index contributed by atoms with van der Waals surface area (Å²) in [5.41, 5.74) is 0.158. The molecule has 0 radical (unpaired) electrons. The van der Waals surface area contributed by atoms with Crippen LogP contribution < -0.4 is 0 Å². The number of ether oxygens (including phenoxy) is 1. The monoisotopic (exact) mass is 286 g/mol. The molecule has 2 N–H and O–H groups in total. The summed E-state index contributed by atoms with van der Waals surface area (Å²) in [5, 5.41) is 19.2. The lowest BCUT2D eigenvalue weighted by molar-refractivity contribution is -0.157. The van der Waals surface area contributed by atoms with Gasteiger partial charge in [-0.2, -0.15) is 0 Å². The van der Waals surface area contributed by atoms with Crippen LogP contribution in [0.1, 0.15) is 29.7 Å². The van der Waals surface area contributed by atoms with Crippen LogP contribution in [0.25, 0.3) is 0 Å². The van der Waals surface area contributed by atoms with Gasteiger partial charge in [0.1, 0.15) is 6.10 Å². The maximum absolute atomic E-state index is 11.2. The van der Waals surface area contributed by atoms with E-state index in [1.165, 1.54) is 6.92 Å². The van der Waals surface area contributed by atoms with Gasteiger partial charge in [0.05, 0.1) is 0 Å². The van der Waals surface area contributed by atoms with Crippen molar-refractivity contribution < 1.29 is 19.7 Å². The molecular formula is C17H18O4. The van der Waals surface area contributed by atoms with Gasteiger partial charge in [-0.05, 0) is 29.7 Å². The molecule has 2 rings (SSSR count). The van der Waals surface area contributed by atoms with Crippen molar-refractivity contribution in [3.05, 3.63) is 71.3 Å². The predicted octanol–water partition coefficient (Wildman–Crippen LogP) is 2.71. The Morgan fingerprint density at radius 3 is 2.29 bits per heavy atom. The van der Waals surface area contributed by atoms with Crippen LogP contribution in [0.3, 0.4) is 0 Å². The van der Waals surface area contributed by atoms with Crippen molar-refractivity contribution in [3.63, 3.8) is 0 Å². The quantitative estimate of drug-likeness (QED) is 0.887. The molecule has 2 aromatic rings. The highest BCUT2D eigenvalue weighted by molar-refractivity contribution is 5.78. The SMILES string of the molecule is COC(c1ccccc1)c1cccc(C(C)(O)C(=O)O)c1. The average molecular weight is 286 g/mol. The zero-order valence-corrected chi connectivity index (χ0v) is 12.0. The maximum atomic E-state index is 11.2. The van der Waals surface area contributed by atoms with E-state index in [1.54, 1.807) is 25.3 Å². The second-order valence-electron chi connectivity index (χ2n) is 5.03. The van der Waals surface area contributed by atoms with Crippen LogP contribution in [0.5, 0.6) is 0 Å². The Bertz CT molecular complexity index is 620. The topological polar surface area (TPSA) is 66.8 Å². The zero-order chi connectivity index (χ0) is 15.5. The Hall–Kier alpha value is -2.17. The molecule has 21 heavy (non-hydrogen) atoms. The maximum Gasteiger partial charge on any atom is 0.340 e. The van der Waals surface area contributed by atoms with Gasteiger partial charge in [-0.1, -0.05) is 48.5 Å². The van der Waals surface area contributed by atoms with Crippen LogP contribution >= 0.6 is 0 Å². The lowest BCUT2D eigenvalue weighted by Crippen LogP contribution is -2.31. The van der Waals surface area contributed by atoms with E-state index < -0.39 is 11.6 Å². The van der Waals surface area contributed by atoms with Crippen molar-refractivity contribution >= 4 is 5.97 Å². The third-order valence-corrected chi connectivity index (χ3v) is 3.51. The smallest absolute Gasteiger partial charge is 0.340 e. The van der Waals surface area contributed by atoms with E-state index in [0.29, 0.717) is 5.56 Å². The van der Waals surface area contributed by atoms with E-state index in [9.17, 15) is 9.90 Å². The van der Waals surface area contributed by atoms with Gasteiger partial charge < -0.3 is 14.9 Å². The summed E-state index contributed by atoms with van der Waals surface area (Å²) in [6.07, 6.45) is -0.309. The van der Waals surface area contributed by atoms with Gasteiger partial charge >= 0.3 is 5.97 Å². The molecule has 2 aromatic carbocycles.